The summed E-state index contributed by atoms with van der Waals surface area (Å²) in [6, 6.07) is 7.12. The SMILES string of the molecule is O=C(Nc1ccn(C(F)F)n1)C(C[C@H]1C[C@@H](F)[C@@H](F)C1)c1ccc(S(=O)(=O)C2CC2)cc1. The molecule has 11 heteroatoms. The molecule has 1 N–H and O–H groups in total. The summed E-state index contributed by atoms with van der Waals surface area (Å²) in [5, 5.41) is 5.69. The number of amides is 1. The molecule has 1 heterocycles. The van der Waals surface area contributed by atoms with Crippen LogP contribution in [0.5, 0.6) is 0 Å². The van der Waals surface area contributed by atoms with Crippen LogP contribution < -0.4 is 5.32 Å². The predicted octanol–water partition coefficient (Wildman–Crippen LogP) is 4.41. The average molecular weight is 473 g/mol. The van der Waals surface area contributed by atoms with Crippen molar-refractivity contribution in [2.75, 3.05) is 5.32 Å². The number of hydrogen-bond donors (Lipinski definition) is 1. The summed E-state index contributed by atoms with van der Waals surface area (Å²) in [6.45, 7) is -2.86. The molecule has 4 atom stereocenters. The Morgan fingerprint density at radius 1 is 1.09 bits per heavy atom. The molecule has 32 heavy (non-hydrogen) atoms. The monoisotopic (exact) mass is 473 g/mol. The third kappa shape index (κ3) is 4.82. The molecule has 0 spiro atoms. The van der Waals surface area contributed by atoms with Crippen LogP contribution in [-0.4, -0.2) is 41.7 Å². The lowest BCUT2D eigenvalue weighted by molar-refractivity contribution is -0.118. The summed E-state index contributed by atoms with van der Waals surface area (Å²) < 4.78 is 78.1. The summed E-state index contributed by atoms with van der Waals surface area (Å²) in [5.41, 5.74) is 0.475. The van der Waals surface area contributed by atoms with Crippen molar-refractivity contribution in [1.29, 1.82) is 0 Å². The molecule has 4 rings (SSSR count). The molecule has 2 fully saturated rings. The van der Waals surface area contributed by atoms with Gasteiger partial charge in [0.05, 0.1) is 16.1 Å². The van der Waals surface area contributed by atoms with Crippen molar-refractivity contribution >= 4 is 21.6 Å². The molecule has 1 unspecified atom stereocenters. The molecule has 2 aliphatic rings. The molecule has 6 nitrogen and oxygen atoms in total. The first-order valence-corrected chi connectivity index (χ1v) is 12.0. The Kier molecular flexibility index (Phi) is 6.28. The largest absolute Gasteiger partial charge is 0.333 e. The molecule has 2 aromatic rings. The molecule has 1 aromatic carbocycles. The molecule has 0 bridgehead atoms. The number of rotatable bonds is 8. The van der Waals surface area contributed by atoms with Gasteiger partial charge in [-0.3, -0.25) is 4.79 Å². The van der Waals surface area contributed by atoms with Crippen LogP contribution in [0.4, 0.5) is 23.4 Å². The summed E-state index contributed by atoms with van der Waals surface area (Å²) in [7, 11) is -3.40. The van der Waals surface area contributed by atoms with E-state index in [1.54, 1.807) is 0 Å². The van der Waals surface area contributed by atoms with Gasteiger partial charge in [0.1, 0.15) is 12.3 Å². The Balaban J connectivity index is 1.56. The third-order valence-electron chi connectivity index (χ3n) is 6.03. The van der Waals surface area contributed by atoms with E-state index in [1.165, 1.54) is 30.3 Å². The summed E-state index contributed by atoms with van der Waals surface area (Å²) in [5.74, 6) is -1.89. The van der Waals surface area contributed by atoms with Crippen LogP contribution in [0.1, 0.15) is 50.1 Å². The van der Waals surface area contributed by atoms with Gasteiger partial charge in [-0.2, -0.15) is 13.9 Å². The number of hydrogen-bond acceptors (Lipinski definition) is 4. The Morgan fingerprint density at radius 2 is 1.72 bits per heavy atom. The van der Waals surface area contributed by atoms with Gasteiger partial charge in [0.2, 0.25) is 5.91 Å². The molecular formula is C21H23F4N3O3S. The first-order chi connectivity index (χ1) is 15.1. The number of carbonyl (C=O) groups is 1. The topological polar surface area (TPSA) is 81.1 Å². The Bertz CT molecular complexity index is 1060. The third-order valence-corrected chi connectivity index (χ3v) is 8.31. The number of nitrogens with zero attached hydrogens (tertiary/aromatic N) is 2. The molecule has 0 radical (unpaired) electrons. The number of anilines is 1. The maximum absolute atomic E-state index is 13.7. The number of carbonyl (C=O) groups excluding carboxylic acids is 1. The highest BCUT2D eigenvalue weighted by Gasteiger charge is 2.38. The number of benzene rings is 1. The molecule has 1 amide bonds. The van der Waals surface area contributed by atoms with Crippen LogP contribution in [0.2, 0.25) is 0 Å². The smallest absolute Gasteiger partial charge is 0.309 e. The maximum atomic E-state index is 13.7. The van der Waals surface area contributed by atoms with E-state index in [0.29, 0.717) is 23.1 Å². The summed E-state index contributed by atoms with van der Waals surface area (Å²) in [4.78, 5) is 13.1. The van der Waals surface area contributed by atoms with Gasteiger partial charge in [-0.05, 0) is 55.7 Å². The summed E-state index contributed by atoms with van der Waals surface area (Å²) >= 11 is 0. The van der Waals surface area contributed by atoms with Crippen molar-refractivity contribution in [3.05, 3.63) is 42.1 Å². The van der Waals surface area contributed by atoms with Gasteiger partial charge in [-0.15, -0.1) is 0 Å². The van der Waals surface area contributed by atoms with Gasteiger partial charge < -0.3 is 5.32 Å². The quantitative estimate of drug-likeness (QED) is 0.576. The molecule has 174 valence electrons. The zero-order valence-corrected chi connectivity index (χ0v) is 17.8. The molecule has 2 saturated carbocycles. The lowest BCUT2D eigenvalue weighted by Gasteiger charge is -2.20. The van der Waals surface area contributed by atoms with E-state index in [4.69, 9.17) is 0 Å². The highest BCUT2D eigenvalue weighted by atomic mass is 32.2. The molecule has 0 aliphatic heterocycles. The highest BCUT2D eigenvalue weighted by Crippen LogP contribution is 2.39. The second-order valence-corrected chi connectivity index (χ2v) is 10.6. The molecular weight excluding hydrogens is 450 g/mol. The van der Waals surface area contributed by atoms with Crippen LogP contribution in [0.15, 0.2) is 41.4 Å². The zero-order valence-electron chi connectivity index (χ0n) is 17.0. The van der Waals surface area contributed by atoms with Crippen LogP contribution in [-0.2, 0) is 14.6 Å². The van der Waals surface area contributed by atoms with Crippen molar-refractivity contribution in [2.45, 2.75) is 67.1 Å². The maximum Gasteiger partial charge on any atom is 0.333 e. The van der Waals surface area contributed by atoms with Crippen molar-refractivity contribution in [3.63, 3.8) is 0 Å². The number of alkyl halides is 4. The molecule has 2 aliphatic carbocycles. The van der Waals surface area contributed by atoms with E-state index >= 15 is 0 Å². The molecule has 0 saturated heterocycles. The number of halogens is 4. The van der Waals surface area contributed by atoms with Gasteiger partial charge in [0.25, 0.3) is 0 Å². The normalized spacial score (nSPS) is 24.6. The Morgan fingerprint density at radius 3 is 2.25 bits per heavy atom. The van der Waals surface area contributed by atoms with Gasteiger partial charge in [0, 0.05) is 12.3 Å². The van der Waals surface area contributed by atoms with E-state index in [-0.39, 0.29) is 41.1 Å². The van der Waals surface area contributed by atoms with Crippen LogP contribution >= 0.6 is 0 Å². The van der Waals surface area contributed by atoms with Crippen molar-refractivity contribution < 1.29 is 30.8 Å². The summed E-state index contributed by atoms with van der Waals surface area (Å²) in [6.07, 6.45) is -0.804. The second kappa shape index (κ2) is 8.84. The lowest BCUT2D eigenvalue weighted by Crippen LogP contribution is -2.24. The fourth-order valence-electron chi connectivity index (χ4n) is 4.14. The standard InChI is InChI=1S/C21H23F4N3O3S/c22-17-10-12(11-18(17)23)9-16(20(29)26-19-7-8-28(27-19)21(24)25)13-1-3-14(4-2-13)32(30,31)15-5-6-15/h1-4,7-8,12,15-18,21H,5-6,9-11H2,(H,26,27,29)/t12-,16?,17+,18-. The van der Waals surface area contributed by atoms with Crippen molar-refractivity contribution in [1.82, 2.24) is 9.78 Å². The Labute approximate surface area is 182 Å². The van der Waals surface area contributed by atoms with Crippen molar-refractivity contribution in [3.8, 4) is 0 Å². The van der Waals surface area contributed by atoms with E-state index in [1.807, 2.05) is 0 Å². The number of nitrogens with one attached hydrogen (secondary N) is 1. The van der Waals surface area contributed by atoms with E-state index in [0.717, 1.165) is 6.20 Å². The van der Waals surface area contributed by atoms with Crippen molar-refractivity contribution in [2.24, 2.45) is 5.92 Å². The Hall–Kier alpha value is -2.43. The zero-order chi connectivity index (χ0) is 23.0. The first-order valence-electron chi connectivity index (χ1n) is 10.4. The van der Waals surface area contributed by atoms with Gasteiger partial charge in [0.15, 0.2) is 15.7 Å². The fourth-order valence-corrected chi connectivity index (χ4v) is 5.79. The first kappa shape index (κ1) is 22.8. The van der Waals surface area contributed by atoms with E-state index < -0.39 is 40.6 Å². The van der Waals surface area contributed by atoms with E-state index in [2.05, 4.69) is 10.4 Å². The van der Waals surface area contributed by atoms with Gasteiger partial charge in [-0.1, -0.05) is 12.1 Å². The predicted molar refractivity (Wildman–Crippen MR) is 109 cm³/mol. The van der Waals surface area contributed by atoms with Gasteiger partial charge in [-0.25, -0.2) is 21.9 Å². The minimum atomic E-state index is -3.40. The van der Waals surface area contributed by atoms with Crippen LogP contribution in [0, 0.1) is 5.92 Å². The van der Waals surface area contributed by atoms with Gasteiger partial charge >= 0.3 is 6.55 Å². The highest BCUT2D eigenvalue weighted by molar-refractivity contribution is 7.92. The van der Waals surface area contributed by atoms with E-state index in [9.17, 15) is 30.8 Å². The van der Waals surface area contributed by atoms with Crippen LogP contribution in [0.25, 0.3) is 0 Å². The minimum absolute atomic E-state index is 0.0148. The molecule has 1 aromatic heterocycles. The number of sulfone groups is 1. The number of aromatic nitrogens is 2. The second-order valence-electron chi connectivity index (χ2n) is 8.42. The fraction of sp³-hybridized carbons (Fsp3) is 0.524. The lowest BCUT2D eigenvalue weighted by atomic mass is 9.87. The minimum Gasteiger partial charge on any atom is -0.309 e. The van der Waals surface area contributed by atoms with Crippen LogP contribution in [0.3, 0.4) is 0 Å². The average Bonchev–Trinajstić information content (AvgIpc) is 3.43.